The Hall–Kier alpha value is -1.02. The Labute approximate surface area is 117 Å². The maximum Gasteiger partial charge on any atom is 0.119 e. The summed E-state index contributed by atoms with van der Waals surface area (Å²) in [5.74, 6) is 2.59. The van der Waals surface area contributed by atoms with Crippen molar-refractivity contribution < 1.29 is 4.74 Å². The quantitative estimate of drug-likeness (QED) is 0.881. The molecule has 0 spiro atoms. The first-order valence-electron chi connectivity index (χ1n) is 7.47. The lowest BCUT2D eigenvalue weighted by atomic mass is 9.76. The maximum atomic E-state index is 5.31. The van der Waals surface area contributed by atoms with Gasteiger partial charge >= 0.3 is 0 Å². The van der Waals surface area contributed by atoms with Crippen molar-refractivity contribution in [2.75, 3.05) is 14.2 Å². The van der Waals surface area contributed by atoms with E-state index in [-0.39, 0.29) is 0 Å². The molecule has 1 aliphatic carbocycles. The van der Waals surface area contributed by atoms with Crippen molar-refractivity contribution in [3.05, 3.63) is 29.3 Å². The minimum atomic E-state index is 0.480. The lowest BCUT2D eigenvalue weighted by Crippen LogP contribution is -2.29. The molecular weight excluding hydrogens is 234 g/mol. The Kier molecular flexibility index (Phi) is 4.87. The summed E-state index contributed by atoms with van der Waals surface area (Å²) in [6.07, 6.45) is 5.46. The van der Waals surface area contributed by atoms with Crippen LogP contribution in [-0.4, -0.2) is 14.2 Å². The molecule has 0 saturated heterocycles. The molecule has 0 heterocycles. The second-order valence-electron chi connectivity index (χ2n) is 6.02. The molecule has 0 bridgehead atoms. The molecule has 3 unspecified atom stereocenters. The zero-order valence-corrected chi connectivity index (χ0v) is 12.7. The number of benzene rings is 1. The van der Waals surface area contributed by atoms with Crippen LogP contribution in [0.1, 0.15) is 49.8 Å². The van der Waals surface area contributed by atoms with Crippen molar-refractivity contribution in [1.82, 2.24) is 5.32 Å². The van der Waals surface area contributed by atoms with Crippen LogP contribution >= 0.6 is 0 Å². The number of hydrogen-bond donors (Lipinski definition) is 1. The van der Waals surface area contributed by atoms with Gasteiger partial charge in [0.15, 0.2) is 0 Å². The Balaban J connectivity index is 2.21. The van der Waals surface area contributed by atoms with Crippen LogP contribution in [0.5, 0.6) is 5.75 Å². The van der Waals surface area contributed by atoms with Crippen molar-refractivity contribution in [2.24, 2.45) is 11.8 Å². The third-order valence-electron chi connectivity index (χ3n) is 4.57. The predicted octanol–water partition coefficient (Wildman–Crippen LogP) is 4.09. The van der Waals surface area contributed by atoms with E-state index in [0.717, 1.165) is 17.6 Å². The molecule has 19 heavy (non-hydrogen) atoms. The number of hydrogen-bond acceptors (Lipinski definition) is 2. The van der Waals surface area contributed by atoms with Crippen LogP contribution in [0.25, 0.3) is 0 Å². The van der Waals surface area contributed by atoms with Gasteiger partial charge in [0.05, 0.1) is 7.11 Å². The highest BCUT2D eigenvalue weighted by Crippen LogP contribution is 2.38. The van der Waals surface area contributed by atoms with Crippen LogP contribution in [0.15, 0.2) is 18.2 Å². The summed E-state index contributed by atoms with van der Waals surface area (Å²) in [6, 6.07) is 6.94. The number of ether oxygens (including phenoxy) is 1. The van der Waals surface area contributed by atoms with Gasteiger partial charge in [0.1, 0.15) is 5.75 Å². The van der Waals surface area contributed by atoms with Gasteiger partial charge in [-0.25, -0.2) is 0 Å². The minimum absolute atomic E-state index is 0.480. The van der Waals surface area contributed by atoms with Gasteiger partial charge in [-0.15, -0.1) is 0 Å². The summed E-state index contributed by atoms with van der Waals surface area (Å²) >= 11 is 0. The van der Waals surface area contributed by atoms with E-state index in [0.29, 0.717) is 6.04 Å². The monoisotopic (exact) mass is 261 g/mol. The van der Waals surface area contributed by atoms with Crippen LogP contribution < -0.4 is 10.1 Å². The molecule has 0 radical (unpaired) electrons. The highest BCUT2D eigenvalue weighted by Gasteiger charge is 2.27. The fourth-order valence-corrected chi connectivity index (χ4v) is 3.55. The summed E-state index contributed by atoms with van der Waals surface area (Å²) in [6.45, 7) is 4.58. The van der Waals surface area contributed by atoms with E-state index in [2.05, 4.69) is 44.4 Å². The third-order valence-corrected chi connectivity index (χ3v) is 4.57. The lowest BCUT2D eigenvalue weighted by Gasteiger charge is -2.34. The van der Waals surface area contributed by atoms with Gasteiger partial charge in [-0.05, 0) is 61.9 Å². The average molecular weight is 261 g/mol. The molecule has 1 aromatic rings. The van der Waals surface area contributed by atoms with Gasteiger partial charge in [-0.1, -0.05) is 25.8 Å². The molecule has 1 fully saturated rings. The molecule has 106 valence electrons. The summed E-state index contributed by atoms with van der Waals surface area (Å²) in [5.41, 5.74) is 2.76. The van der Waals surface area contributed by atoms with Crippen LogP contribution in [-0.2, 0) is 0 Å². The van der Waals surface area contributed by atoms with E-state index < -0.39 is 0 Å². The molecule has 0 aromatic heterocycles. The van der Waals surface area contributed by atoms with Gasteiger partial charge in [0, 0.05) is 6.04 Å². The molecule has 1 aliphatic rings. The molecule has 0 aliphatic heterocycles. The smallest absolute Gasteiger partial charge is 0.119 e. The van der Waals surface area contributed by atoms with Crippen LogP contribution in [0.3, 0.4) is 0 Å². The SMILES string of the molecule is CNC(c1ccc(OC)cc1C)C1CCCC(C)C1. The molecule has 2 rings (SSSR count). The lowest BCUT2D eigenvalue weighted by molar-refractivity contribution is 0.229. The largest absolute Gasteiger partial charge is 0.497 e. The topological polar surface area (TPSA) is 21.3 Å². The molecule has 1 aromatic carbocycles. The first-order valence-corrected chi connectivity index (χ1v) is 7.47. The molecule has 1 saturated carbocycles. The number of aryl methyl sites for hydroxylation is 1. The van der Waals surface area contributed by atoms with Crippen LogP contribution in [0.2, 0.25) is 0 Å². The van der Waals surface area contributed by atoms with Crippen molar-refractivity contribution in [1.29, 1.82) is 0 Å². The van der Waals surface area contributed by atoms with E-state index in [1.165, 1.54) is 36.8 Å². The minimum Gasteiger partial charge on any atom is -0.497 e. The van der Waals surface area contributed by atoms with E-state index in [4.69, 9.17) is 4.74 Å². The Morgan fingerprint density at radius 1 is 1.32 bits per heavy atom. The molecule has 3 atom stereocenters. The summed E-state index contributed by atoms with van der Waals surface area (Å²) < 4.78 is 5.31. The average Bonchev–Trinajstić information content (AvgIpc) is 2.41. The van der Waals surface area contributed by atoms with Crippen LogP contribution in [0, 0.1) is 18.8 Å². The van der Waals surface area contributed by atoms with E-state index in [9.17, 15) is 0 Å². The summed E-state index contributed by atoms with van der Waals surface area (Å²) in [4.78, 5) is 0. The second kappa shape index (κ2) is 6.42. The molecular formula is C17H27NO. The van der Waals surface area contributed by atoms with E-state index in [1.54, 1.807) is 7.11 Å². The normalized spacial score (nSPS) is 25.1. The zero-order chi connectivity index (χ0) is 13.8. The number of rotatable bonds is 4. The van der Waals surface area contributed by atoms with Crippen LogP contribution in [0.4, 0.5) is 0 Å². The zero-order valence-electron chi connectivity index (χ0n) is 12.7. The standard InChI is InChI=1S/C17H27NO/c1-12-6-5-7-14(10-12)17(18-3)16-9-8-15(19-4)11-13(16)2/h8-9,11-12,14,17-18H,5-7,10H2,1-4H3. The third kappa shape index (κ3) is 3.30. The highest BCUT2D eigenvalue weighted by molar-refractivity contribution is 5.37. The van der Waals surface area contributed by atoms with Crippen molar-refractivity contribution in [3.8, 4) is 5.75 Å². The van der Waals surface area contributed by atoms with Gasteiger partial charge in [-0.2, -0.15) is 0 Å². The summed E-state index contributed by atoms with van der Waals surface area (Å²) in [5, 5.41) is 3.55. The fraction of sp³-hybridized carbons (Fsp3) is 0.647. The molecule has 0 amide bonds. The van der Waals surface area contributed by atoms with Gasteiger partial charge in [0.2, 0.25) is 0 Å². The molecule has 2 nitrogen and oxygen atoms in total. The highest BCUT2D eigenvalue weighted by atomic mass is 16.5. The van der Waals surface area contributed by atoms with Crippen molar-refractivity contribution in [3.63, 3.8) is 0 Å². The number of nitrogens with one attached hydrogen (secondary N) is 1. The van der Waals surface area contributed by atoms with Gasteiger partial charge < -0.3 is 10.1 Å². The molecule has 1 N–H and O–H groups in total. The number of methoxy groups -OCH3 is 1. The Bertz CT molecular complexity index is 416. The van der Waals surface area contributed by atoms with E-state index >= 15 is 0 Å². The predicted molar refractivity (Wildman–Crippen MR) is 80.7 cm³/mol. The maximum absolute atomic E-state index is 5.31. The molecule has 2 heteroatoms. The first-order chi connectivity index (χ1) is 9.15. The first kappa shape index (κ1) is 14.4. The van der Waals surface area contributed by atoms with Crippen molar-refractivity contribution in [2.45, 2.75) is 45.6 Å². The van der Waals surface area contributed by atoms with Crippen molar-refractivity contribution >= 4 is 0 Å². The summed E-state index contributed by atoms with van der Waals surface area (Å²) in [7, 11) is 3.82. The Morgan fingerprint density at radius 2 is 2.11 bits per heavy atom. The second-order valence-corrected chi connectivity index (χ2v) is 6.02. The van der Waals surface area contributed by atoms with E-state index in [1.807, 2.05) is 0 Å². The van der Waals surface area contributed by atoms with Gasteiger partial charge in [0.25, 0.3) is 0 Å². The Morgan fingerprint density at radius 3 is 2.68 bits per heavy atom. The fourth-order valence-electron chi connectivity index (χ4n) is 3.55. The van der Waals surface area contributed by atoms with Gasteiger partial charge in [-0.3, -0.25) is 0 Å².